The number of thioether (sulfide) groups is 1. The molecule has 0 saturated heterocycles. The summed E-state index contributed by atoms with van der Waals surface area (Å²) in [5.41, 5.74) is -1.84. The third kappa shape index (κ3) is 5.09. The number of nitro benzene ring substituents is 1. The summed E-state index contributed by atoms with van der Waals surface area (Å²) in [5.74, 6) is -1.95. The number of non-ortho nitro benzene ring substituents is 1. The van der Waals surface area contributed by atoms with Crippen molar-refractivity contribution in [3.63, 3.8) is 0 Å². The molecule has 0 aliphatic heterocycles. The number of hydrogen-bond acceptors (Lipinski definition) is 4. The Bertz CT molecular complexity index is 861. The van der Waals surface area contributed by atoms with E-state index in [0.29, 0.717) is 0 Å². The van der Waals surface area contributed by atoms with Gasteiger partial charge in [-0.1, -0.05) is 11.6 Å². The molecule has 2 aromatic carbocycles. The lowest BCUT2D eigenvalue weighted by atomic mass is 10.2. The van der Waals surface area contributed by atoms with Crippen LogP contribution in [-0.4, -0.2) is 16.6 Å². The molecule has 0 aliphatic carbocycles. The Morgan fingerprint density at radius 3 is 2.54 bits per heavy atom. The zero-order chi connectivity index (χ0) is 19.5. The van der Waals surface area contributed by atoms with Crippen LogP contribution in [0.1, 0.15) is 5.56 Å². The van der Waals surface area contributed by atoms with Crippen molar-refractivity contribution in [3.8, 4) is 0 Å². The Morgan fingerprint density at radius 1 is 1.23 bits per heavy atom. The van der Waals surface area contributed by atoms with E-state index in [1.54, 1.807) is 0 Å². The van der Waals surface area contributed by atoms with Crippen molar-refractivity contribution in [1.29, 1.82) is 0 Å². The van der Waals surface area contributed by atoms with Crippen molar-refractivity contribution >= 4 is 40.6 Å². The predicted octanol–water partition coefficient (Wildman–Crippen LogP) is 5.14. The zero-order valence-corrected chi connectivity index (χ0v) is 14.2. The third-order valence-corrected chi connectivity index (χ3v) is 4.37. The van der Waals surface area contributed by atoms with Crippen LogP contribution in [0.25, 0.3) is 0 Å². The number of hydrogen-bond donors (Lipinski definition) is 1. The smallest absolute Gasteiger partial charge is 0.323 e. The van der Waals surface area contributed by atoms with Gasteiger partial charge < -0.3 is 5.32 Å². The van der Waals surface area contributed by atoms with E-state index < -0.39 is 44.8 Å². The number of rotatable bonds is 5. The summed E-state index contributed by atoms with van der Waals surface area (Å²) in [5, 5.41) is 12.3. The molecule has 2 rings (SSSR count). The fourth-order valence-corrected chi connectivity index (χ4v) is 2.83. The van der Waals surface area contributed by atoms with Crippen molar-refractivity contribution in [2.24, 2.45) is 0 Å². The van der Waals surface area contributed by atoms with Crippen LogP contribution in [0.15, 0.2) is 41.3 Å². The molecule has 1 N–H and O–H groups in total. The number of amides is 1. The maximum absolute atomic E-state index is 13.6. The van der Waals surface area contributed by atoms with Crippen LogP contribution in [0.2, 0.25) is 5.02 Å². The van der Waals surface area contributed by atoms with Crippen molar-refractivity contribution in [3.05, 3.63) is 62.9 Å². The molecule has 138 valence electrons. The van der Waals surface area contributed by atoms with Crippen LogP contribution in [0.3, 0.4) is 0 Å². The van der Waals surface area contributed by atoms with Gasteiger partial charge in [-0.05, 0) is 24.3 Å². The number of nitro groups is 1. The van der Waals surface area contributed by atoms with E-state index in [1.807, 2.05) is 0 Å². The Hall–Kier alpha value is -2.33. The Labute approximate surface area is 153 Å². The Kier molecular flexibility index (Phi) is 6.09. The first-order valence-corrected chi connectivity index (χ1v) is 8.17. The number of nitrogens with zero attached hydrogens (tertiary/aromatic N) is 1. The summed E-state index contributed by atoms with van der Waals surface area (Å²) in [4.78, 5) is 21.9. The minimum absolute atomic E-state index is 0.136. The lowest BCUT2D eigenvalue weighted by molar-refractivity contribution is -0.384. The number of nitrogens with one attached hydrogen (secondary N) is 1. The number of halogens is 5. The molecule has 2 aromatic rings. The summed E-state index contributed by atoms with van der Waals surface area (Å²) < 4.78 is 52.0. The first kappa shape index (κ1) is 20.0. The lowest BCUT2D eigenvalue weighted by Crippen LogP contribution is -2.15. The minimum Gasteiger partial charge on any atom is -0.323 e. The van der Waals surface area contributed by atoms with Crippen molar-refractivity contribution in [2.45, 2.75) is 11.1 Å². The van der Waals surface area contributed by atoms with E-state index in [-0.39, 0.29) is 10.6 Å². The summed E-state index contributed by atoms with van der Waals surface area (Å²) in [7, 11) is 0. The van der Waals surface area contributed by atoms with E-state index in [1.165, 1.54) is 6.07 Å². The molecule has 26 heavy (non-hydrogen) atoms. The standard InChI is InChI=1S/C15H9ClF4N2O3S/c16-11-3-2-9(6-10(11)15(18,19)20)26-7-14(23)21-13-5-8(22(24)25)1-4-12(13)17/h1-6H,7H2,(H,21,23). The number of carbonyl (C=O) groups is 1. The zero-order valence-electron chi connectivity index (χ0n) is 12.6. The first-order chi connectivity index (χ1) is 12.1. The molecule has 1 amide bonds. The molecule has 0 atom stereocenters. The second kappa shape index (κ2) is 7.92. The predicted molar refractivity (Wildman–Crippen MR) is 88.9 cm³/mol. The molecular weight excluding hydrogens is 400 g/mol. The summed E-state index contributed by atoms with van der Waals surface area (Å²) in [6.07, 6.45) is -4.64. The first-order valence-electron chi connectivity index (χ1n) is 6.81. The minimum atomic E-state index is -4.64. The topological polar surface area (TPSA) is 72.2 Å². The van der Waals surface area contributed by atoms with Gasteiger partial charge in [0, 0.05) is 17.0 Å². The van der Waals surface area contributed by atoms with Gasteiger partial charge in [0.1, 0.15) is 5.82 Å². The SMILES string of the molecule is O=C(CSc1ccc(Cl)c(C(F)(F)F)c1)Nc1cc([N+](=O)[O-])ccc1F. The quantitative estimate of drug-likeness (QED) is 0.322. The van der Waals surface area contributed by atoms with Gasteiger partial charge in [0.15, 0.2) is 0 Å². The van der Waals surface area contributed by atoms with Gasteiger partial charge in [0.2, 0.25) is 5.91 Å². The van der Waals surface area contributed by atoms with Crippen molar-refractivity contribution in [1.82, 2.24) is 0 Å². The molecule has 0 saturated carbocycles. The Morgan fingerprint density at radius 2 is 1.92 bits per heavy atom. The number of benzene rings is 2. The molecule has 0 aliphatic rings. The maximum Gasteiger partial charge on any atom is 0.417 e. The molecular formula is C15H9ClF4N2O3S. The van der Waals surface area contributed by atoms with E-state index in [9.17, 15) is 32.5 Å². The fraction of sp³-hybridized carbons (Fsp3) is 0.133. The molecule has 0 unspecified atom stereocenters. The highest BCUT2D eigenvalue weighted by Gasteiger charge is 2.33. The van der Waals surface area contributed by atoms with Crippen LogP contribution in [-0.2, 0) is 11.0 Å². The highest BCUT2D eigenvalue weighted by Crippen LogP contribution is 2.37. The summed E-state index contributed by atoms with van der Waals surface area (Å²) >= 11 is 6.28. The normalized spacial score (nSPS) is 11.3. The van der Waals surface area contributed by atoms with E-state index in [0.717, 1.165) is 42.1 Å². The third-order valence-electron chi connectivity index (χ3n) is 3.05. The second-order valence-corrected chi connectivity index (χ2v) is 6.35. The van der Waals surface area contributed by atoms with Gasteiger partial charge in [-0.15, -0.1) is 11.8 Å². The van der Waals surface area contributed by atoms with Gasteiger partial charge in [0.05, 0.1) is 26.9 Å². The van der Waals surface area contributed by atoms with Crippen molar-refractivity contribution < 1.29 is 27.3 Å². The number of anilines is 1. The van der Waals surface area contributed by atoms with Crippen LogP contribution >= 0.6 is 23.4 Å². The summed E-state index contributed by atoms with van der Waals surface area (Å²) in [6.45, 7) is 0. The lowest BCUT2D eigenvalue weighted by Gasteiger charge is -2.11. The largest absolute Gasteiger partial charge is 0.417 e. The average Bonchev–Trinajstić information content (AvgIpc) is 2.54. The van der Waals surface area contributed by atoms with Crippen LogP contribution in [0.4, 0.5) is 28.9 Å². The molecule has 0 radical (unpaired) electrons. The van der Waals surface area contributed by atoms with E-state index in [2.05, 4.69) is 5.32 Å². The summed E-state index contributed by atoms with van der Waals surface area (Å²) in [6, 6.07) is 5.78. The van der Waals surface area contributed by atoms with Crippen LogP contribution < -0.4 is 5.32 Å². The highest BCUT2D eigenvalue weighted by molar-refractivity contribution is 8.00. The average molecular weight is 409 g/mol. The molecule has 0 spiro atoms. The number of carbonyl (C=O) groups excluding carboxylic acids is 1. The van der Waals surface area contributed by atoms with Gasteiger partial charge in [-0.2, -0.15) is 13.2 Å². The molecule has 11 heteroatoms. The molecule has 0 heterocycles. The van der Waals surface area contributed by atoms with Crippen LogP contribution in [0, 0.1) is 15.9 Å². The molecule has 0 bridgehead atoms. The number of alkyl halides is 3. The van der Waals surface area contributed by atoms with E-state index >= 15 is 0 Å². The van der Waals surface area contributed by atoms with Crippen LogP contribution in [0.5, 0.6) is 0 Å². The molecule has 0 aromatic heterocycles. The van der Waals surface area contributed by atoms with Gasteiger partial charge in [0.25, 0.3) is 5.69 Å². The van der Waals surface area contributed by atoms with E-state index in [4.69, 9.17) is 11.6 Å². The fourth-order valence-electron chi connectivity index (χ4n) is 1.87. The second-order valence-electron chi connectivity index (χ2n) is 4.90. The highest BCUT2D eigenvalue weighted by atomic mass is 35.5. The molecule has 5 nitrogen and oxygen atoms in total. The molecule has 0 fully saturated rings. The Balaban J connectivity index is 2.06. The monoisotopic (exact) mass is 408 g/mol. The van der Waals surface area contributed by atoms with Gasteiger partial charge in [-0.25, -0.2) is 4.39 Å². The van der Waals surface area contributed by atoms with Crippen molar-refractivity contribution in [2.75, 3.05) is 11.1 Å². The maximum atomic E-state index is 13.6. The van der Waals surface area contributed by atoms with Gasteiger partial charge in [-0.3, -0.25) is 14.9 Å². The van der Waals surface area contributed by atoms with Gasteiger partial charge >= 0.3 is 6.18 Å².